The Balaban J connectivity index is 2.02. The maximum absolute atomic E-state index is 6.04. The lowest BCUT2D eigenvalue weighted by atomic mass is 9.97. The summed E-state index contributed by atoms with van der Waals surface area (Å²) in [5, 5.41) is 3.71. The van der Waals surface area contributed by atoms with Crippen LogP contribution in [-0.4, -0.2) is 30.1 Å². The Hall–Kier alpha value is -0.0900. The highest BCUT2D eigenvalue weighted by Crippen LogP contribution is 2.25. The molecule has 2 rings (SSSR count). The van der Waals surface area contributed by atoms with Crippen molar-refractivity contribution in [2.24, 2.45) is 5.92 Å². The van der Waals surface area contributed by atoms with E-state index in [1.807, 2.05) is 6.07 Å². The van der Waals surface area contributed by atoms with E-state index in [1.54, 1.807) is 11.3 Å². The van der Waals surface area contributed by atoms with Crippen LogP contribution in [0.4, 0.5) is 0 Å². The van der Waals surface area contributed by atoms with Gasteiger partial charge in [0.2, 0.25) is 0 Å². The molecule has 1 fully saturated rings. The molecule has 2 unspecified atom stereocenters. The molecule has 1 aliphatic rings. The van der Waals surface area contributed by atoms with Gasteiger partial charge in [-0.2, -0.15) is 0 Å². The maximum atomic E-state index is 6.04. The first-order chi connectivity index (χ1) is 9.10. The second-order valence-electron chi connectivity index (χ2n) is 5.84. The number of hydrogen-bond donors (Lipinski definition) is 1. The summed E-state index contributed by atoms with van der Waals surface area (Å²) in [7, 11) is 0. The van der Waals surface area contributed by atoms with Crippen molar-refractivity contribution >= 4 is 22.9 Å². The lowest BCUT2D eigenvalue weighted by Gasteiger charge is -2.41. The Morgan fingerprint density at radius 2 is 2.26 bits per heavy atom. The molecule has 1 aromatic rings. The van der Waals surface area contributed by atoms with Crippen molar-refractivity contribution in [2.75, 3.05) is 13.1 Å². The molecule has 2 heterocycles. The van der Waals surface area contributed by atoms with E-state index < -0.39 is 0 Å². The summed E-state index contributed by atoms with van der Waals surface area (Å²) in [5.74, 6) is 0.692. The molecule has 2 nitrogen and oxygen atoms in total. The summed E-state index contributed by atoms with van der Waals surface area (Å²) in [6.45, 7) is 10.2. The van der Waals surface area contributed by atoms with Crippen LogP contribution in [0.15, 0.2) is 12.1 Å². The second-order valence-corrected chi connectivity index (χ2v) is 7.64. The Morgan fingerprint density at radius 3 is 2.84 bits per heavy atom. The predicted octanol–water partition coefficient (Wildman–Crippen LogP) is 4.00. The molecule has 19 heavy (non-hydrogen) atoms. The highest BCUT2D eigenvalue weighted by molar-refractivity contribution is 7.16. The lowest BCUT2D eigenvalue weighted by Crippen LogP contribution is -2.57. The molecule has 0 aliphatic carbocycles. The minimum atomic E-state index is 0.614. The quantitative estimate of drug-likeness (QED) is 0.884. The second kappa shape index (κ2) is 7.07. The number of rotatable bonds is 5. The summed E-state index contributed by atoms with van der Waals surface area (Å²) in [5.41, 5.74) is 0. The summed E-state index contributed by atoms with van der Waals surface area (Å²) in [4.78, 5) is 4.03. The minimum Gasteiger partial charge on any atom is -0.311 e. The molecular weight excluding hydrogens is 276 g/mol. The number of piperazine rings is 1. The first kappa shape index (κ1) is 15.3. The van der Waals surface area contributed by atoms with Crippen LogP contribution >= 0.6 is 22.9 Å². The van der Waals surface area contributed by atoms with E-state index in [4.69, 9.17) is 11.6 Å². The Kier molecular flexibility index (Phi) is 5.70. The first-order valence-electron chi connectivity index (χ1n) is 7.31. The Morgan fingerprint density at radius 1 is 1.47 bits per heavy atom. The van der Waals surface area contributed by atoms with Crippen molar-refractivity contribution in [3.63, 3.8) is 0 Å². The average Bonchev–Trinajstić information content (AvgIpc) is 2.77. The van der Waals surface area contributed by atoms with Crippen LogP contribution in [0, 0.1) is 5.92 Å². The minimum absolute atomic E-state index is 0.614. The average molecular weight is 301 g/mol. The molecule has 0 spiro atoms. The van der Waals surface area contributed by atoms with Crippen molar-refractivity contribution in [3.8, 4) is 0 Å². The lowest BCUT2D eigenvalue weighted by molar-refractivity contribution is 0.101. The topological polar surface area (TPSA) is 15.3 Å². The molecule has 4 heteroatoms. The number of hydrogen-bond acceptors (Lipinski definition) is 3. The van der Waals surface area contributed by atoms with Gasteiger partial charge in [0.25, 0.3) is 0 Å². The fraction of sp³-hybridized carbons (Fsp3) is 0.733. The van der Waals surface area contributed by atoms with Crippen LogP contribution in [0.5, 0.6) is 0 Å². The Labute approximate surface area is 126 Å². The van der Waals surface area contributed by atoms with Gasteiger partial charge in [0.1, 0.15) is 0 Å². The zero-order chi connectivity index (χ0) is 13.8. The molecule has 2 atom stereocenters. The molecule has 0 bridgehead atoms. The summed E-state index contributed by atoms with van der Waals surface area (Å²) < 4.78 is 0.901. The van der Waals surface area contributed by atoms with Crippen LogP contribution in [0.2, 0.25) is 4.34 Å². The van der Waals surface area contributed by atoms with Gasteiger partial charge in [-0.05, 0) is 24.5 Å². The van der Waals surface area contributed by atoms with E-state index in [-0.39, 0.29) is 0 Å². The molecule has 1 aliphatic heterocycles. The van der Waals surface area contributed by atoms with E-state index in [0.29, 0.717) is 18.0 Å². The highest BCUT2D eigenvalue weighted by Gasteiger charge is 2.28. The standard InChI is InChI=1S/C15H25ClN2S/c1-4-5-12-8-17-14(11(2)3)10-18(12)9-13-6-7-15(16)19-13/h6-7,11-12,14,17H,4-5,8-10H2,1-3H3. The van der Waals surface area contributed by atoms with E-state index in [0.717, 1.165) is 24.0 Å². The number of thiophene rings is 1. The van der Waals surface area contributed by atoms with Gasteiger partial charge >= 0.3 is 0 Å². The van der Waals surface area contributed by atoms with Gasteiger partial charge < -0.3 is 5.32 Å². The van der Waals surface area contributed by atoms with Crippen molar-refractivity contribution in [1.29, 1.82) is 0 Å². The maximum Gasteiger partial charge on any atom is 0.0931 e. The molecule has 0 aromatic carbocycles. The first-order valence-corrected chi connectivity index (χ1v) is 8.51. The van der Waals surface area contributed by atoms with Gasteiger partial charge in [0.15, 0.2) is 0 Å². The van der Waals surface area contributed by atoms with Crippen LogP contribution in [-0.2, 0) is 6.54 Å². The van der Waals surface area contributed by atoms with Crippen LogP contribution in [0.25, 0.3) is 0 Å². The fourth-order valence-corrected chi connectivity index (χ4v) is 3.89. The zero-order valence-electron chi connectivity index (χ0n) is 12.2. The van der Waals surface area contributed by atoms with E-state index in [2.05, 4.69) is 37.1 Å². The predicted molar refractivity (Wildman–Crippen MR) is 85.1 cm³/mol. The molecule has 108 valence electrons. The van der Waals surface area contributed by atoms with Crippen molar-refractivity contribution in [1.82, 2.24) is 10.2 Å². The van der Waals surface area contributed by atoms with Crippen molar-refractivity contribution in [3.05, 3.63) is 21.3 Å². The van der Waals surface area contributed by atoms with Crippen molar-refractivity contribution in [2.45, 2.75) is 52.2 Å². The summed E-state index contributed by atoms with van der Waals surface area (Å²) in [6.07, 6.45) is 2.53. The van der Waals surface area contributed by atoms with Gasteiger partial charge in [-0.3, -0.25) is 4.90 Å². The third kappa shape index (κ3) is 4.19. The highest BCUT2D eigenvalue weighted by atomic mass is 35.5. The van der Waals surface area contributed by atoms with Gasteiger partial charge in [0.05, 0.1) is 4.34 Å². The molecule has 0 radical (unpaired) electrons. The van der Waals surface area contributed by atoms with Gasteiger partial charge in [-0.1, -0.05) is 38.8 Å². The van der Waals surface area contributed by atoms with E-state index in [9.17, 15) is 0 Å². The molecule has 0 amide bonds. The smallest absolute Gasteiger partial charge is 0.0931 e. The van der Waals surface area contributed by atoms with Gasteiger partial charge in [-0.25, -0.2) is 0 Å². The van der Waals surface area contributed by atoms with Crippen LogP contribution < -0.4 is 5.32 Å². The van der Waals surface area contributed by atoms with Gasteiger partial charge in [0, 0.05) is 36.6 Å². The summed E-state index contributed by atoms with van der Waals surface area (Å²) in [6, 6.07) is 5.46. The third-order valence-electron chi connectivity index (χ3n) is 3.98. The normalized spacial score (nSPS) is 25.1. The number of halogens is 1. The molecule has 1 N–H and O–H groups in total. The van der Waals surface area contributed by atoms with Crippen LogP contribution in [0.3, 0.4) is 0 Å². The van der Waals surface area contributed by atoms with Gasteiger partial charge in [-0.15, -0.1) is 11.3 Å². The fourth-order valence-electron chi connectivity index (χ4n) is 2.78. The van der Waals surface area contributed by atoms with E-state index in [1.165, 1.54) is 17.7 Å². The number of nitrogens with zero attached hydrogens (tertiary/aromatic N) is 1. The molecular formula is C15H25ClN2S. The monoisotopic (exact) mass is 300 g/mol. The van der Waals surface area contributed by atoms with Crippen LogP contribution in [0.1, 0.15) is 38.5 Å². The zero-order valence-corrected chi connectivity index (χ0v) is 13.7. The SMILES string of the molecule is CCCC1CNC(C(C)C)CN1Cc1ccc(Cl)s1. The van der Waals surface area contributed by atoms with Crippen molar-refractivity contribution < 1.29 is 0 Å². The Bertz CT molecular complexity index is 391. The summed E-state index contributed by atoms with van der Waals surface area (Å²) >= 11 is 7.76. The molecule has 1 saturated heterocycles. The number of nitrogens with one attached hydrogen (secondary N) is 1. The molecule has 0 saturated carbocycles. The molecule has 1 aromatic heterocycles. The van der Waals surface area contributed by atoms with E-state index >= 15 is 0 Å². The largest absolute Gasteiger partial charge is 0.311 e. The third-order valence-corrected chi connectivity index (χ3v) is 5.19.